The average Bonchev–Trinajstić information content (AvgIpc) is 2.82. The predicted octanol–water partition coefficient (Wildman–Crippen LogP) is 3.98. The van der Waals surface area contributed by atoms with Gasteiger partial charge in [-0.25, -0.2) is 10.1 Å². The van der Waals surface area contributed by atoms with Crippen LogP contribution in [-0.2, 0) is 28.8 Å². The fourth-order valence-corrected chi connectivity index (χ4v) is 4.81. The molecule has 32 heavy (non-hydrogen) atoms. The van der Waals surface area contributed by atoms with Crippen LogP contribution in [0.4, 0.5) is 11.4 Å². The molecule has 0 heterocycles. The Hall–Kier alpha value is -2.92. The first kappa shape index (κ1) is 23.7. The molecule has 0 fully saturated rings. The smallest absolute Gasteiger partial charge is 0.237 e. The number of hydrogen-bond donors (Lipinski definition) is 0. The molecule has 0 aliphatic heterocycles. The highest BCUT2D eigenvalue weighted by atomic mass is 32.2. The van der Waals surface area contributed by atoms with Crippen LogP contribution in [0, 0.1) is 0 Å². The molecule has 0 atom stereocenters. The van der Waals surface area contributed by atoms with Crippen molar-refractivity contribution in [2.24, 2.45) is 0 Å². The Morgan fingerprint density at radius 2 is 0.875 bits per heavy atom. The monoisotopic (exact) mass is 476 g/mol. The molecule has 3 aromatic carbocycles. The Balaban J connectivity index is 1.78. The molecular formula is C22H24N2O6S2. The fraction of sp³-hybridized carbons (Fsp3) is 0.182. The van der Waals surface area contributed by atoms with Crippen molar-refractivity contribution in [2.75, 3.05) is 23.2 Å². The molecule has 0 unspecified atom stereocenters. The van der Waals surface area contributed by atoms with Gasteiger partial charge in [-0.05, 0) is 62.4 Å². The third-order valence-electron chi connectivity index (χ3n) is 4.44. The number of para-hydroxylation sites is 2. The molecule has 0 amide bonds. The van der Waals surface area contributed by atoms with E-state index in [2.05, 4.69) is 0 Å². The highest BCUT2D eigenvalue weighted by Crippen LogP contribution is 2.23. The van der Waals surface area contributed by atoms with Crippen molar-refractivity contribution in [2.45, 2.75) is 23.6 Å². The Bertz CT molecular complexity index is 1120. The van der Waals surface area contributed by atoms with E-state index in [1.165, 1.54) is 34.4 Å². The van der Waals surface area contributed by atoms with E-state index in [1.807, 2.05) is 12.1 Å². The highest BCUT2D eigenvalue weighted by Gasteiger charge is 2.24. The van der Waals surface area contributed by atoms with Gasteiger partial charge in [0.15, 0.2) is 0 Å². The molecular weight excluding hydrogens is 452 g/mol. The van der Waals surface area contributed by atoms with Gasteiger partial charge in [-0.3, -0.25) is 0 Å². The van der Waals surface area contributed by atoms with Crippen LogP contribution in [0.3, 0.4) is 0 Å². The average molecular weight is 477 g/mol. The van der Waals surface area contributed by atoms with Gasteiger partial charge in [0, 0.05) is 13.1 Å². The normalized spacial score (nSPS) is 11.8. The minimum absolute atomic E-state index is 0.179. The third kappa shape index (κ3) is 5.65. The Labute approximate surface area is 188 Å². The van der Waals surface area contributed by atoms with Gasteiger partial charge < -0.3 is 0 Å². The molecule has 0 aromatic heterocycles. The molecule has 0 saturated heterocycles. The van der Waals surface area contributed by atoms with Crippen LogP contribution in [0.15, 0.2) is 94.7 Å². The van der Waals surface area contributed by atoms with Crippen molar-refractivity contribution in [1.82, 2.24) is 0 Å². The fourth-order valence-electron chi connectivity index (χ4n) is 2.84. The van der Waals surface area contributed by atoms with Gasteiger partial charge in [-0.2, -0.15) is 16.8 Å². The Morgan fingerprint density at radius 1 is 0.562 bits per heavy atom. The summed E-state index contributed by atoms with van der Waals surface area (Å²) in [5.41, 5.74) is 1.15. The minimum Gasteiger partial charge on any atom is -0.237 e. The van der Waals surface area contributed by atoms with Crippen LogP contribution in [0.2, 0.25) is 0 Å². The number of benzene rings is 3. The van der Waals surface area contributed by atoms with E-state index in [0.717, 1.165) is 0 Å². The van der Waals surface area contributed by atoms with Gasteiger partial charge in [-0.15, -0.1) is 8.57 Å². The van der Waals surface area contributed by atoms with Crippen molar-refractivity contribution in [3.05, 3.63) is 84.9 Å². The summed E-state index contributed by atoms with van der Waals surface area (Å²) >= 11 is 0. The zero-order valence-corrected chi connectivity index (χ0v) is 19.3. The number of hydroxylamine groups is 2. The molecule has 0 spiro atoms. The molecule has 3 rings (SSSR count). The summed E-state index contributed by atoms with van der Waals surface area (Å²) in [6.45, 7) is 4.08. The lowest BCUT2D eigenvalue weighted by Gasteiger charge is -2.22. The number of nitrogens with zero attached hydrogens (tertiary/aromatic N) is 2. The molecule has 0 radical (unpaired) electrons. The van der Waals surface area contributed by atoms with Gasteiger partial charge in [0.1, 0.15) is 0 Å². The lowest BCUT2D eigenvalue weighted by atomic mass is 10.3. The van der Waals surface area contributed by atoms with Crippen LogP contribution < -0.4 is 10.1 Å². The highest BCUT2D eigenvalue weighted by molar-refractivity contribution is 7.87. The first-order chi connectivity index (χ1) is 15.3. The van der Waals surface area contributed by atoms with E-state index in [1.54, 1.807) is 62.4 Å². The minimum atomic E-state index is -4.17. The largest absolute Gasteiger partial charge is 0.317 e. The standard InChI is InChI=1S/C22H24N2O6S2/c1-3-23(19-11-7-5-8-12-19)29-31(25,26)21-15-17-22(18-16-21)32(27,28)30-24(4-2)20-13-9-6-10-14-20/h5-18H,3-4H2,1-2H3. The van der Waals surface area contributed by atoms with Crippen LogP contribution in [0.25, 0.3) is 0 Å². The molecule has 3 aromatic rings. The Morgan fingerprint density at radius 3 is 1.16 bits per heavy atom. The summed E-state index contributed by atoms with van der Waals surface area (Å²) in [5, 5.41) is 2.48. The molecule has 0 saturated carbocycles. The van der Waals surface area contributed by atoms with Crippen LogP contribution >= 0.6 is 0 Å². The van der Waals surface area contributed by atoms with Crippen molar-refractivity contribution in [3.63, 3.8) is 0 Å². The number of rotatable bonds is 10. The van der Waals surface area contributed by atoms with Crippen LogP contribution in [0.5, 0.6) is 0 Å². The van der Waals surface area contributed by atoms with Crippen LogP contribution in [-0.4, -0.2) is 29.9 Å². The van der Waals surface area contributed by atoms with E-state index in [-0.39, 0.29) is 22.9 Å². The summed E-state index contributed by atoms with van der Waals surface area (Å²) in [4.78, 5) is -0.359. The van der Waals surface area contributed by atoms with Gasteiger partial charge in [-0.1, -0.05) is 36.4 Å². The predicted molar refractivity (Wildman–Crippen MR) is 122 cm³/mol. The van der Waals surface area contributed by atoms with Gasteiger partial charge in [0.05, 0.1) is 21.2 Å². The second kappa shape index (κ2) is 10.1. The summed E-state index contributed by atoms with van der Waals surface area (Å²) in [7, 11) is -8.35. The molecule has 10 heteroatoms. The zero-order valence-electron chi connectivity index (χ0n) is 17.7. The second-order valence-corrected chi connectivity index (χ2v) is 9.65. The van der Waals surface area contributed by atoms with Crippen molar-refractivity contribution >= 4 is 31.6 Å². The lowest BCUT2D eigenvalue weighted by molar-refractivity contribution is 0.286. The van der Waals surface area contributed by atoms with Crippen molar-refractivity contribution in [3.8, 4) is 0 Å². The van der Waals surface area contributed by atoms with E-state index in [0.29, 0.717) is 11.4 Å². The van der Waals surface area contributed by atoms with Gasteiger partial charge >= 0.3 is 20.2 Å². The summed E-state index contributed by atoms with van der Waals surface area (Å²) in [5.74, 6) is 0. The topological polar surface area (TPSA) is 93.2 Å². The molecule has 170 valence electrons. The van der Waals surface area contributed by atoms with E-state index in [9.17, 15) is 16.8 Å². The molecule has 8 nitrogen and oxygen atoms in total. The first-order valence-electron chi connectivity index (χ1n) is 9.91. The second-order valence-electron chi connectivity index (χ2n) is 6.59. The summed E-state index contributed by atoms with van der Waals surface area (Å²) < 4.78 is 61.3. The van der Waals surface area contributed by atoms with Crippen molar-refractivity contribution < 1.29 is 25.4 Å². The SMILES string of the molecule is CCN(OS(=O)(=O)c1ccc(S(=O)(=O)ON(CC)c2ccccc2)cc1)c1ccccc1. The molecule has 0 aliphatic carbocycles. The maximum atomic E-state index is 12.7. The van der Waals surface area contributed by atoms with Gasteiger partial charge in [0.2, 0.25) is 0 Å². The molecule has 0 aliphatic rings. The zero-order chi connectivity index (χ0) is 23.2. The van der Waals surface area contributed by atoms with E-state index < -0.39 is 20.2 Å². The van der Waals surface area contributed by atoms with Crippen LogP contribution in [0.1, 0.15) is 13.8 Å². The maximum absolute atomic E-state index is 12.7. The third-order valence-corrected chi connectivity index (χ3v) is 6.89. The lowest BCUT2D eigenvalue weighted by Crippen LogP contribution is -2.27. The first-order valence-corrected chi connectivity index (χ1v) is 12.7. The quantitative estimate of drug-likeness (QED) is 0.406. The molecule has 0 N–H and O–H groups in total. The van der Waals surface area contributed by atoms with E-state index >= 15 is 0 Å². The van der Waals surface area contributed by atoms with Crippen molar-refractivity contribution in [1.29, 1.82) is 0 Å². The molecule has 0 bridgehead atoms. The summed E-state index contributed by atoms with van der Waals surface area (Å²) in [6.07, 6.45) is 0. The summed E-state index contributed by atoms with van der Waals surface area (Å²) in [6, 6.07) is 22.2. The van der Waals surface area contributed by atoms with Gasteiger partial charge in [0.25, 0.3) is 0 Å². The Kier molecular flexibility index (Phi) is 7.52. The number of anilines is 2. The van der Waals surface area contributed by atoms with E-state index in [4.69, 9.17) is 8.57 Å². The maximum Gasteiger partial charge on any atom is 0.317 e. The number of hydrogen-bond acceptors (Lipinski definition) is 8.